The van der Waals surface area contributed by atoms with Crippen molar-refractivity contribution < 1.29 is 0 Å². The van der Waals surface area contributed by atoms with E-state index in [0.717, 1.165) is 30.2 Å². The topological polar surface area (TPSA) is 26.0 Å². The number of rotatable bonds is 5. The molecule has 0 bridgehead atoms. The molecule has 2 rings (SSSR count). The van der Waals surface area contributed by atoms with E-state index in [1.807, 2.05) is 0 Å². The zero-order valence-electron chi connectivity index (χ0n) is 8.13. The van der Waals surface area contributed by atoms with Crippen LogP contribution < -0.4 is 5.73 Å². The molecule has 1 nitrogen and oxygen atoms in total. The summed E-state index contributed by atoms with van der Waals surface area (Å²) in [5, 5.41) is 0. The summed E-state index contributed by atoms with van der Waals surface area (Å²) >= 11 is 0. The maximum absolute atomic E-state index is 5.61. The van der Waals surface area contributed by atoms with Gasteiger partial charge in [0.05, 0.1) is 0 Å². The summed E-state index contributed by atoms with van der Waals surface area (Å²) in [4.78, 5) is 0. The zero-order valence-corrected chi connectivity index (χ0v) is 8.13. The lowest BCUT2D eigenvalue weighted by molar-refractivity contribution is 0.426. The first kappa shape index (κ1) is 8.55. The van der Waals surface area contributed by atoms with Gasteiger partial charge in [-0.15, -0.1) is 0 Å². The smallest absolute Gasteiger partial charge is 0.00461 e. The molecule has 0 radical (unpaired) electrons. The van der Waals surface area contributed by atoms with E-state index >= 15 is 0 Å². The first-order valence-corrected chi connectivity index (χ1v) is 5.49. The Morgan fingerprint density at radius 3 is 2.50 bits per heavy atom. The molecule has 0 aromatic heterocycles. The molecule has 0 heterocycles. The van der Waals surface area contributed by atoms with Crippen molar-refractivity contribution in [3.05, 3.63) is 0 Å². The highest BCUT2D eigenvalue weighted by Crippen LogP contribution is 2.45. The zero-order chi connectivity index (χ0) is 8.55. The highest BCUT2D eigenvalue weighted by atomic mass is 14.6. The molecule has 2 fully saturated rings. The summed E-state index contributed by atoms with van der Waals surface area (Å²) in [6, 6.07) is 0. The average molecular weight is 167 g/mol. The van der Waals surface area contributed by atoms with Gasteiger partial charge in [0, 0.05) is 0 Å². The fraction of sp³-hybridized carbons (Fsp3) is 1.00. The van der Waals surface area contributed by atoms with Crippen LogP contribution in [-0.4, -0.2) is 6.54 Å². The predicted octanol–water partition coefficient (Wildman–Crippen LogP) is 2.41. The molecule has 3 atom stereocenters. The van der Waals surface area contributed by atoms with Crippen LogP contribution in [0.25, 0.3) is 0 Å². The van der Waals surface area contributed by atoms with E-state index in [4.69, 9.17) is 5.73 Å². The fourth-order valence-corrected chi connectivity index (χ4v) is 2.42. The molecule has 12 heavy (non-hydrogen) atoms. The standard InChI is InChI=1S/C11H21N/c1-8(4-9-2-3-9)5-10-6-11(10)7-12/h8-11H,2-7,12H2,1H3. The van der Waals surface area contributed by atoms with Crippen molar-refractivity contribution in [2.75, 3.05) is 6.54 Å². The van der Waals surface area contributed by atoms with Crippen molar-refractivity contribution in [2.45, 2.75) is 39.0 Å². The summed E-state index contributed by atoms with van der Waals surface area (Å²) in [6.07, 6.45) is 7.39. The second-order valence-corrected chi connectivity index (χ2v) is 5.01. The van der Waals surface area contributed by atoms with Gasteiger partial charge >= 0.3 is 0 Å². The normalized spacial score (nSPS) is 36.5. The molecule has 0 aliphatic heterocycles. The molecule has 0 spiro atoms. The number of nitrogens with two attached hydrogens (primary N) is 1. The van der Waals surface area contributed by atoms with Crippen molar-refractivity contribution >= 4 is 0 Å². The van der Waals surface area contributed by atoms with E-state index in [0.29, 0.717) is 0 Å². The SMILES string of the molecule is CC(CC1CC1)CC1CC1CN. The van der Waals surface area contributed by atoms with Crippen LogP contribution in [0.15, 0.2) is 0 Å². The van der Waals surface area contributed by atoms with E-state index in [1.165, 1.54) is 32.1 Å². The van der Waals surface area contributed by atoms with Crippen LogP contribution in [0.2, 0.25) is 0 Å². The molecular formula is C11H21N. The molecule has 0 aromatic carbocycles. The van der Waals surface area contributed by atoms with Crippen LogP contribution >= 0.6 is 0 Å². The van der Waals surface area contributed by atoms with Gasteiger partial charge in [0.15, 0.2) is 0 Å². The van der Waals surface area contributed by atoms with E-state index in [-0.39, 0.29) is 0 Å². The minimum atomic E-state index is 0.895. The van der Waals surface area contributed by atoms with Crippen molar-refractivity contribution in [2.24, 2.45) is 29.4 Å². The lowest BCUT2D eigenvalue weighted by Gasteiger charge is -2.09. The van der Waals surface area contributed by atoms with E-state index < -0.39 is 0 Å². The number of hydrogen-bond donors (Lipinski definition) is 1. The van der Waals surface area contributed by atoms with E-state index in [2.05, 4.69) is 6.92 Å². The van der Waals surface area contributed by atoms with Crippen LogP contribution in [0.3, 0.4) is 0 Å². The summed E-state index contributed by atoms with van der Waals surface area (Å²) in [6.45, 7) is 3.35. The molecule has 0 saturated heterocycles. The maximum Gasteiger partial charge on any atom is -0.00461 e. The minimum Gasteiger partial charge on any atom is -0.330 e. The monoisotopic (exact) mass is 167 g/mol. The van der Waals surface area contributed by atoms with Crippen LogP contribution in [0.1, 0.15) is 39.0 Å². The first-order chi connectivity index (χ1) is 5.79. The third kappa shape index (κ3) is 2.22. The summed E-state index contributed by atoms with van der Waals surface area (Å²) in [5.74, 6) is 3.98. The van der Waals surface area contributed by atoms with Gasteiger partial charge in [0.25, 0.3) is 0 Å². The molecular weight excluding hydrogens is 146 g/mol. The van der Waals surface area contributed by atoms with Gasteiger partial charge in [-0.05, 0) is 49.5 Å². The molecule has 1 heteroatoms. The predicted molar refractivity (Wildman–Crippen MR) is 51.8 cm³/mol. The van der Waals surface area contributed by atoms with Gasteiger partial charge in [-0.25, -0.2) is 0 Å². The minimum absolute atomic E-state index is 0.895. The Morgan fingerprint density at radius 1 is 1.25 bits per heavy atom. The van der Waals surface area contributed by atoms with Gasteiger partial charge in [-0.1, -0.05) is 19.8 Å². The largest absolute Gasteiger partial charge is 0.330 e. The maximum atomic E-state index is 5.61. The summed E-state index contributed by atoms with van der Waals surface area (Å²) in [5.41, 5.74) is 5.61. The number of hydrogen-bond acceptors (Lipinski definition) is 1. The van der Waals surface area contributed by atoms with E-state index in [9.17, 15) is 0 Å². The Morgan fingerprint density at radius 2 is 2.00 bits per heavy atom. The van der Waals surface area contributed by atoms with Crippen LogP contribution in [0.5, 0.6) is 0 Å². The van der Waals surface area contributed by atoms with Crippen LogP contribution in [0, 0.1) is 23.7 Å². The van der Waals surface area contributed by atoms with Crippen LogP contribution in [0.4, 0.5) is 0 Å². The van der Waals surface area contributed by atoms with Gasteiger partial charge < -0.3 is 5.73 Å². The van der Waals surface area contributed by atoms with Gasteiger partial charge in [0.2, 0.25) is 0 Å². The highest BCUT2D eigenvalue weighted by molar-refractivity contribution is 4.88. The average Bonchev–Trinajstić information content (AvgIpc) is 2.85. The molecule has 0 amide bonds. The van der Waals surface area contributed by atoms with Crippen molar-refractivity contribution in [1.82, 2.24) is 0 Å². The van der Waals surface area contributed by atoms with Crippen LogP contribution in [-0.2, 0) is 0 Å². The van der Waals surface area contributed by atoms with Gasteiger partial charge in [-0.2, -0.15) is 0 Å². The van der Waals surface area contributed by atoms with Crippen molar-refractivity contribution in [3.8, 4) is 0 Å². The van der Waals surface area contributed by atoms with E-state index in [1.54, 1.807) is 0 Å². The second-order valence-electron chi connectivity index (χ2n) is 5.01. The molecule has 2 N–H and O–H groups in total. The Kier molecular flexibility index (Phi) is 2.40. The molecule has 2 aliphatic carbocycles. The van der Waals surface area contributed by atoms with Crippen molar-refractivity contribution in [3.63, 3.8) is 0 Å². The molecule has 70 valence electrons. The Balaban J connectivity index is 1.59. The lowest BCUT2D eigenvalue weighted by Crippen LogP contribution is -2.04. The van der Waals surface area contributed by atoms with Gasteiger partial charge in [0.1, 0.15) is 0 Å². The molecule has 2 saturated carbocycles. The first-order valence-electron chi connectivity index (χ1n) is 5.49. The quantitative estimate of drug-likeness (QED) is 0.668. The lowest BCUT2D eigenvalue weighted by atomic mass is 9.97. The third-order valence-electron chi connectivity index (χ3n) is 3.51. The van der Waals surface area contributed by atoms with Gasteiger partial charge in [-0.3, -0.25) is 0 Å². The second kappa shape index (κ2) is 3.37. The Hall–Kier alpha value is -0.0400. The molecule has 2 aliphatic rings. The van der Waals surface area contributed by atoms with Crippen molar-refractivity contribution in [1.29, 1.82) is 0 Å². The third-order valence-corrected chi connectivity index (χ3v) is 3.51. The molecule has 0 aromatic rings. The Bertz CT molecular complexity index is 151. The Labute approximate surface area is 75.7 Å². The molecule has 3 unspecified atom stereocenters. The highest BCUT2D eigenvalue weighted by Gasteiger charge is 2.37. The summed E-state index contributed by atoms with van der Waals surface area (Å²) < 4.78 is 0. The summed E-state index contributed by atoms with van der Waals surface area (Å²) in [7, 11) is 0. The fourth-order valence-electron chi connectivity index (χ4n) is 2.42.